The van der Waals surface area contributed by atoms with Gasteiger partial charge in [-0.3, -0.25) is 5.10 Å². The molecule has 0 aliphatic carbocycles. The lowest BCUT2D eigenvalue weighted by molar-refractivity contribution is 0.707. The summed E-state index contributed by atoms with van der Waals surface area (Å²) in [5.41, 5.74) is 3.87. The van der Waals surface area contributed by atoms with Crippen LogP contribution in [0.3, 0.4) is 0 Å². The Morgan fingerprint density at radius 3 is 1.33 bits per heavy atom. The number of rotatable bonds is 4. The van der Waals surface area contributed by atoms with Gasteiger partial charge in [-0.2, -0.15) is 0 Å². The quantitative estimate of drug-likeness (QED) is 0.574. The maximum absolute atomic E-state index is 4.41. The van der Waals surface area contributed by atoms with Crippen molar-refractivity contribution in [3.63, 3.8) is 0 Å². The minimum atomic E-state index is -0.503. The SMILES string of the molecule is c1ccc(C(c2ccccc2)(c2ccccc2)c2c[nH]nn2)cc1. The van der Waals surface area contributed by atoms with Crippen LogP contribution >= 0.6 is 0 Å². The number of hydrogen-bond acceptors (Lipinski definition) is 2. The highest BCUT2D eigenvalue weighted by Gasteiger charge is 2.40. The molecular weight excluding hydrogens is 294 g/mol. The summed E-state index contributed by atoms with van der Waals surface area (Å²) in [5, 5.41) is 11.3. The molecule has 3 nitrogen and oxygen atoms in total. The Bertz CT molecular complexity index is 789. The van der Waals surface area contributed by atoms with Crippen LogP contribution < -0.4 is 0 Å². The van der Waals surface area contributed by atoms with Gasteiger partial charge in [-0.05, 0) is 16.7 Å². The van der Waals surface area contributed by atoms with E-state index in [1.54, 1.807) is 0 Å². The highest BCUT2D eigenvalue weighted by molar-refractivity contribution is 5.57. The Kier molecular flexibility index (Phi) is 3.67. The molecule has 4 aromatic rings. The molecule has 116 valence electrons. The van der Waals surface area contributed by atoms with Crippen molar-refractivity contribution in [3.05, 3.63) is 120 Å². The molecule has 0 spiro atoms. The Morgan fingerprint density at radius 2 is 1.00 bits per heavy atom. The third-order valence-corrected chi connectivity index (χ3v) is 4.42. The number of nitrogens with zero attached hydrogens (tertiary/aromatic N) is 2. The minimum Gasteiger partial charge on any atom is -0.265 e. The van der Waals surface area contributed by atoms with E-state index >= 15 is 0 Å². The van der Waals surface area contributed by atoms with Gasteiger partial charge in [-0.1, -0.05) is 96.2 Å². The van der Waals surface area contributed by atoms with Crippen LogP contribution in [0.4, 0.5) is 0 Å². The largest absolute Gasteiger partial charge is 0.265 e. The van der Waals surface area contributed by atoms with Crippen LogP contribution in [0, 0.1) is 0 Å². The maximum atomic E-state index is 4.41. The van der Waals surface area contributed by atoms with Gasteiger partial charge in [0.25, 0.3) is 0 Å². The predicted molar refractivity (Wildman–Crippen MR) is 94.7 cm³/mol. The van der Waals surface area contributed by atoms with Gasteiger partial charge in [0.1, 0.15) is 5.69 Å². The monoisotopic (exact) mass is 311 g/mol. The van der Waals surface area contributed by atoms with E-state index < -0.39 is 5.41 Å². The Labute approximate surface area is 141 Å². The highest BCUT2D eigenvalue weighted by Crippen LogP contribution is 2.43. The van der Waals surface area contributed by atoms with Gasteiger partial charge in [-0.25, -0.2) is 0 Å². The molecule has 0 saturated carbocycles. The first-order valence-corrected chi connectivity index (χ1v) is 7.96. The van der Waals surface area contributed by atoms with Gasteiger partial charge in [0.2, 0.25) is 0 Å². The van der Waals surface area contributed by atoms with Crippen LogP contribution in [0.5, 0.6) is 0 Å². The lowest BCUT2D eigenvalue weighted by Crippen LogP contribution is -2.31. The number of aromatic nitrogens is 3. The molecule has 0 atom stereocenters. The molecule has 0 amide bonds. The second-order valence-electron chi connectivity index (χ2n) is 5.71. The van der Waals surface area contributed by atoms with E-state index in [0.717, 1.165) is 22.4 Å². The van der Waals surface area contributed by atoms with Crippen LogP contribution in [0.2, 0.25) is 0 Å². The predicted octanol–water partition coefficient (Wildman–Crippen LogP) is 4.19. The zero-order chi connectivity index (χ0) is 16.2. The Balaban J connectivity index is 2.12. The van der Waals surface area contributed by atoms with Crippen molar-refractivity contribution in [2.24, 2.45) is 0 Å². The molecule has 0 fully saturated rings. The van der Waals surface area contributed by atoms with Crippen LogP contribution in [-0.4, -0.2) is 15.4 Å². The first kappa shape index (κ1) is 14.4. The molecule has 3 aromatic carbocycles. The smallest absolute Gasteiger partial charge is 0.102 e. The van der Waals surface area contributed by atoms with Crippen LogP contribution in [-0.2, 0) is 5.41 Å². The molecule has 0 aliphatic rings. The summed E-state index contributed by atoms with van der Waals surface area (Å²) in [4.78, 5) is 0. The molecule has 0 bridgehead atoms. The molecule has 24 heavy (non-hydrogen) atoms. The van der Waals surface area contributed by atoms with Gasteiger partial charge in [-0.15, -0.1) is 5.10 Å². The van der Waals surface area contributed by atoms with Gasteiger partial charge in [0.15, 0.2) is 0 Å². The summed E-state index contributed by atoms with van der Waals surface area (Å²) in [6.07, 6.45) is 1.88. The van der Waals surface area contributed by atoms with Crippen LogP contribution in [0.25, 0.3) is 0 Å². The van der Waals surface area contributed by atoms with E-state index in [-0.39, 0.29) is 0 Å². The number of benzene rings is 3. The highest BCUT2D eigenvalue weighted by atomic mass is 15.3. The molecule has 1 heterocycles. The molecule has 4 rings (SSSR count). The van der Waals surface area contributed by atoms with Gasteiger partial charge in [0.05, 0.1) is 5.41 Å². The van der Waals surface area contributed by atoms with Crippen molar-refractivity contribution in [2.45, 2.75) is 5.41 Å². The summed E-state index contributed by atoms with van der Waals surface area (Å²) in [6.45, 7) is 0. The van der Waals surface area contributed by atoms with E-state index in [2.05, 4.69) is 88.2 Å². The second kappa shape index (κ2) is 6.13. The molecule has 3 heteroatoms. The van der Waals surface area contributed by atoms with E-state index in [0.29, 0.717) is 0 Å². The number of aromatic amines is 1. The average molecular weight is 311 g/mol. The Hall–Kier alpha value is -3.20. The first-order valence-electron chi connectivity index (χ1n) is 7.96. The fourth-order valence-corrected chi connectivity index (χ4v) is 3.39. The lowest BCUT2D eigenvalue weighted by Gasteiger charge is -2.34. The zero-order valence-corrected chi connectivity index (χ0v) is 13.1. The van der Waals surface area contributed by atoms with E-state index in [1.165, 1.54) is 0 Å². The molecule has 0 saturated heterocycles. The van der Waals surface area contributed by atoms with Crippen molar-refractivity contribution < 1.29 is 0 Å². The summed E-state index contributed by atoms with van der Waals surface area (Å²) in [5.74, 6) is 0. The third kappa shape index (κ3) is 2.22. The summed E-state index contributed by atoms with van der Waals surface area (Å²) < 4.78 is 0. The molecule has 0 aliphatic heterocycles. The van der Waals surface area contributed by atoms with Crippen molar-refractivity contribution >= 4 is 0 Å². The number of H-pyrrole nitrogens is 1. The topological polar surface area (TPSA) is 41.6 Å². The summed E-state index contributed by atoms with van der Waals surface area (Å²) in [6, 6.07) is 31.4. The van der Waals surface area contributed by atoms with Crippen molar-refractivity contribution in [2.75, 3.05) is 0 Å². The first-order chi connectivity index (χ1) is 11.9. The fraction of sp³-hybridized carbons (Fsp3) is 0.0476. The molecular formula is C21H17N3. The van der Waals surface area contributed by atoms with E-state index in [4.69, 9.17) is 0 Å². The lowest BCUT2D eigenvalue weighted by atomic mass is 9.67. The third-order valence-electron chi connectivity index (χ3n) is 4.42. The average Bonchev–Trinajstić information content (AvgIpc) is 3.20. The van der Waals surface area contributed by atoms with Gasteiger partial charge >= 0.3 is 0 Å². The zero-order valence-electron chi connectivity index (χ0n) is 13.1. The fourth-order valence-electron chi connectivity index (χ4n) is 3.39. The number of hydrogen-bond donors (Lipinski definition) is 1. The van der Waals surface area contributed by atoms with Crippen molar-refractivity contribution in [3.8, 4) is 0 Å². The van der Waals surface area contributed by atoms with Crippen molar-refractivity contribution in [1.29, 1.82) is 0 Å². The van der Waals surface area contributed by atoms with Gasteiger partial charge in [0, 0.05) is 6.20 Å². The maximum Gasteiger partial charge on any atom is 0.102 e. The molecule has 1 aromatic heterocycles. The normalized spacial score (nSPS) is 11.3. The molecule has 1 N–H and O–H groups in total. The standard InChI is InChI=1S/C21H17N3/c1-4-10-17(11-5-1)21(20-16-22-24-23-20,18-12-6-2-7-13-18)19-14-8-3-9-15-19/h1-16H,(H,22,23,24). The van der Waals surface area contributed by atoms with Crippen LogP contribution in [0.15, 0.2) is 97.2 Å². The van der Waals surface area contributed by atoms with E-state index in [9.17, 15) is 0 Å². The minimum absolute atomic E-state index is 0.503. The van der Waals surface area contributed by atoms with Gasteiger partial charge < -0.3 is 0 Å². The van der Waals surface area contributed by atoms with Crippen molar-refractivity contribution in [1.82, 2.24) is 15.4 Å². The second-order valence-corrected chi connectivity index (χ2v) is 5.71. The van der Waals surface area contributed by atoms with E-state index in [1.807, 2.05) is 24.4 Å². The van der Waals surface area contributed by atoms with Crippen LogP contribution in [0.1, 0.15) is 22.4 Å². The molecule has 0 radical (unpaired) electrons. The Morgan fingerprint density at radius 1 is 0.583 bits per heavy atom. The summed E-state index contributed by atoms with van der Waals surface area (Å²) in [7, 11) is 0. The molecule has 0 unspecified atom stereocenters. The summed E-state index contributed by atoms with van der Waals surface area (Å²) >= 11 is 0. The number of nitrogens with one attached hydrogen (secondary N) is 1.